The van der Waals surface area contributed by atoms with Gasteiger partial charge in [-0.2, -0.15) is 0 Å². The number of nitrogen functional groups attached to an aromatic ring is 2. The molecule has 4 aromatic rings. The average molecular weight is 621 g/mol. The van der Waals surface area contributed by atoms with Crippen LogP contribution in [0.25, 0.3) is 0 Å². The van der Waals surface area contributed by atoms with E-state index >= 15 is 0 Å². The van der Waals surface area contributed by atoms with Crippen molar-refractivity contribution < 1.29 is 33.8 Å². The fourth-order valence-electron chi connectivity index (χ4n) is 3.76. The lowest BCUT2D eigenvalue weighted by Crippen LogP contribution is -2.14. The van der Waals surface area contributed by atoms with Crippen LogP contribution in [-0.2, 0) is 37.7 Å². The van der Waals surface area contributed by atoms with Crippen molar-refractivity contribution in [2.45, 2.75) is 0 Å². The first kappa shape index (κ1) is 35.7. The summed E-state index contributed by atoms with van der Waals surface area (Å²) in [5, 5.41) is 14.2. The second-order valence-electron chi connectivity index (χ2n) is 8.98. The summed E-state index contributed by atoms with van der Waals surface area (Å²) in [6, 6.07) is 6.30. The van der Waals surface area contributed by atoms with Crippen molar-refractivity contribution in [2.75, 3.05) is 43.4 Å². The molecule has 0 atom stereocenters. The van der Waals surface area contributed by atoms with Crippen LogP contribution in [0.15, 0.2) is 49.1 Å². The lowest BCUT2D eigenvalue weighted by molar-refractivity contribution is 0.0581. The number of aryl methyl sites for hydroxylation is 4. The number of carbonyl (C=O) groups excluding carboxylic acids is 3. The fraction of sp³-hybridized carbons (Fsp3) is 0.259. The smallest absolute Gasteiger partial charge is 0.354 e. The zero-order valence-electron chi connectivity index (χ0n) is 24.9. The summed E-state index contributed by atoms with van der Waals surface area (Å²) in [5.74, 6) is -2.04. The van der Waals surface area contributed by atoms with Gasteiger partial charge in [0.05, 0.1) is 37.0 Å². The third-order valence-corrected chi connectivity index (χ3v) is 5.85. The molecule has 43 heavy (non-hydrogen) atoms. The number of amides is 1. The quantitative estimate of drug-likeness (QED) is 0.199. The Morgan fingerprint density at radius 2 is 1.07 bits per heavy atom. The highest BCUT2D eigenvalue weighted by Crippen LogP contribution is 2.16. The Hall–Kier alpha value is -5.31. The van der Waals surface area contributed by atoms with Gasteiger partial charge in [0.1, 0.15) is 22.8 Å². The molecule has 16 heteroatoms. The predicted octanol–water partition coefficient (Wildman–Crippen LogP) is 2.57. The third-order valence-electron chi connectivity index (χ3n) is 5.85. The maximum Gasteiger partial charge on any atom is 0.354 e. The van der Waals surface area contributed by atoms with Crippen molar-refractivity contribution in [1.82, 2.24) is 18.3 Å². The number of nitrogens with zero attached hydrogens (tertiary/aromatic N) is 4. The number of carbonyl (C=O) groups is 4. The van der Waals surface area contributed by atoms with E-state index in [1.165, 1.54) is 14.2 Å². The normalized spacial score (nSPS) is 9.74. The molecule has 0 aliphatic rings. The Labute approximate surface area is 254 Å². The zero-order valence-corrected chi connectivity index (χ0v) is 25.7. The molecule has 7 N–H and O–H groups in total. The van der Waals surface area contributed by atoms with Gasteiger partial charge in [-0.3, -0.25) is 4.79 Å². The van der Waals surface area contributed by atoms with Crippen molar-refractivity contribution in [3.8, 4) is 0 Å². The summed E-state index contributed by atoms with van der Waals surface area (Å²) >= 11 is 0. The summed E-state index contributed by atoms with van der Waals surface area (Å²) in [5.41, 5.74) is 15.0. The molecule has 0 saturated heterocycles. The number of hydrogen-bond acceptors (Lipinski definition) is 9. The fourth-order valence-corrected chi connectivity index (χ4v) is 3.76. The summed E-state index contributed by atoms with van der Waals surface area (Å²) in [7, 11) is 11.3. The summed E-state index contributed by atoms with van der Waals surface area (Å²) in [4.78, 5) is 45.0. The zero-order chi connectivity index (χ0) is 31.7. The molecule has 234 valence electrons. The highest BCUT2D eigenvalue weighted by atomic mass is 35.5. The van der Waals surface area contributed by atoms with E-state index in [4.69, 9.17) is 16.6 Å². The number of nitrogens with one attached hydrogen (secondary N) is 2. The van der Waals surface area contributed by atoms with Gasteiger partial charge in [-0.15, -0.1) is 12.4 Å². The number of rotatable bonds is 6. The molecular weight excluding hydrogens is 584 g/mol. The van der Waals surface area contributed by atoms with Crippen LogP contribution < -0.4 is 22.1 Å². The number of halogens is 1. The van der Waals surface area contributed by atoms with Crippen molar-refractivity contribution >= 4 is 59.0 Å². The number of nitrogens with two attached hydrogens (primary N) is 2. The van der Waals surface area contributed by atoms with E-state index in [0.29, 0.717) is 34.1 Å². The standard InChI is InChI=1S/C13H16N4O3.2C7H10N2O2.ClH/c1-16-6-8(14)4-10(16)12(18)15-9-5-11(13(19)20-3)17(2)7-9;1-9-4-5(8)3-6(9)7(10)11-2;1-8-5-3-6(7(10)11)9(2)4-5;/h4-7H,14H2,1-3H3,(H,15,18);3-4H,8H2,1-2H3;3-4,8H,1-2H3,(H,10,11);1H. The first-order chi connectivity index (χ1) is 19.7. The van der Waals surface area contributed by atoms with E-state index < -0.39 is 11.9 Å². The van der Waals surface area contributed by atoms with Crippen LogP contribution in [0.5, 0.6) is 0 Å². The van der Waals surface area contributed by atoms with E-state index in [-0.39, 0.29) is 30.0 Å². The maximum absolute atomic E-state index is 12.1. The van der Waals surface area contributed by atoms with Gasteiger partial charge in [-0.25, -0.2) is 14.4 Å². The summed E-state index contributed by atoms with van der Waals surface area (Å²) < 4.78 is 15.6. The third kappa shape index (κ3) is 9.36. The SMILES string of the molecule is CNc1cc(C(=O)O)n(C)c1.COC(=O)c1cc(N)cn1C.COC(=O)c1cc(NC(=O)c2cc(N)cn2C)cn1C.Cl. The van der Waals surface area contributed by atoms with Gasteiger partial charge in [-0.05, 0) is 24.3 Å². The number of ether oxygens (including phenoxy) is 2. The van der Waals surface area contributed by atoms with Crippen LogP contribution in [0.1, 0.15) is 42.0 Å². The summed E-state index contributed by atoms with van der Waals surface area (Å²) in [6.45, 7) is 0. The van der Waals surface area contributed by atoms with Gasteiger partial charge in [0.15, 0.2) is 0 Å². The number of hydrogen-bond donors (Lipinski definition) is 5. The molecular formula is C27H37ClN8O7. The molecule has 0 saturated carbocycles. The number of methoxy groups -OCH3 is 2. The number of carboxylic acids is 1. The van der Waals surface area contributed by atoms with Crippen LogP contribution >= 0.6 is 12.4 Å². The van der Waals surface area contributed by atoms with Crippen LogP contribution in [-0.4, -0.2) is 68.5 Å². The predicted molar refractivity (Wildman–Crippen MR) is 165 cm³/mol. The minimum Gasteiger partial charge on any atom is -0.477 e. The largest absolute Gasteiger partial charge is 0.477 e. The molecule has 0 aliphatic heterocycles. The van der Waals surface area contributed by atoms with Crippen LogP contribution in [0.4, 0.5) is 22.7 Å². The van der Waals surface area contributed by atoms with Crippen molar-refractivity contribution in [3.63, 3.8) is 0 Å². The van der Waals surface area contributed by atoms with E-state index in [0.717, 1.165) is 5.69 Å². The first-order valence-corrected chi connectivity index (χ1v) is 12.3. The van der Waals surface area contributed by atoms with E-state index in [9.17, 15) is 19.2 Å². The maximum atomic E-state index is 12.1. The van der Waals surface area contributed by atoms with Crippen molar-refractivity contribution in [2.24, 2.45) is 28.2 Å². The highest BCUT2D eigenvalue weighted by Gasteiger charge is 2.16. The Bertz CT molecular complexity index is 1580. The molecule has 0 aliphatic carbocycles. The van der Waals surface area contributed by atoms with Crippen molar-refractivity contribution in [1.29, 1.82) is 0 Å². The topological polar surface area (TPSA) is 203 Å². The van der Waals surface area contributed by atoms with E-state index in [1.807, 2.05) is 0 Å². The van der Waals surface area contributed by atoms with E-state index in [2.05, 4.69) is 20.1 Å². The number of anilines is 4. The van der Waals surface area contributed by atoms with Gasteiger partial charge in [0.2, 0.25) is 0 Å². The van der Waals surface area contributed by atoms with Crippen LogP contribution in [0.3, 0.4) is 0 Å². The first-order valence-electron chi connectivity index (χ1n) is 12.3. The minimum atomic E-state index is -0.908. The van der Waals surface area contributed by atoms with E-state index in [1.54, 1.807) is 103 Å². The molecule has 0 fully saturated rings. The second-order valence-corrected chi connectivity index (χ2v) is 8.98. The lowest BCUT2D eigenvalue weighted by Gasteiger charge is -2.03. The molecule has 0 bridgehead atoms. The Morgan fingerprint density at radius 1 is 0.674 bits per heavy atom. The molecule has 0 spiro atoms. The second kappa shape index (κ2) is 15.6. The van der Waals surface area contributed by atoms with Gasteiger partial charge in [0, 0.05) is 60.0 Å². The molecule has 0 unspecified atom stereocenters. The molecule has 4 heterocycles. The highest BCUT2D eigenvalue weighted by molar-refractivity contribution is 6.04. The van der Waals surface area contributed by atoms with Crippen LogP contribution in [0.2, 0.25) is 0 Å². The van der Waals surface area contributed by atoms with Gasteiger partial charge in [0.25, 0.3) is 5.91 Å². The molecule has 0 radical (unpaired) electrons. The van der Waals surface area contributed by atoms with Crippen molar-refractivity contribution in [3.05, 3.63) is 71.8 Å². The Kier molecular flexibility index (Phi) is 13.0. The Balaban J connectivity index is 0.000000344. The van der Waals surface area contributed by atoms with Crippen LogP contribution in [0, 0.1) is 0 Å². The Morgan fingerprint density at radius 3 is 1.44 bits per heavy atom. The average Bonchev–Trinajstić information content (AvgIpc) is 3.68. The molecule has 1 amide bonds. The molecule has 4 aromatic heterocycles. The molecule has 15 nitrogen and oxygen atoms in total. The molecule has 4 rings (SSSR count). The van der Waals surface area contributed by atoms with Gasteiger partial charge in [-0.1, -0.05) is 0 Å². The van der Waals surface area contributed by atoms with Gasteiger partial charge < -0.3 is 54.9 Å². The minimum absolute atomic E-state index is 0. The van der Waals surface area contributed by atoms with Gasteiger partial charge >= 0.3 is 17.9 Å². The number of aromatic nitrogens is 4. The molecule has 0 aromatic carbocycles. The number of carboxylic acid groups (broad SMARTS) is 1. The summed E-state index contributed by atoms with van der Waals surface area (Å²) in [6.07, 6.45) is 6.67. The number of esters is 2. The monoisotopic (exact) mass is 620 g/mol. The number of aromatic carboxylic acids is 1. The lowest BCUT2D eigenvalue weighted by atomic mass is 10.3.